The summed E-state index contributed by atoms with van der Waals surface area (Å²) >= 11 is 0. The number of nitrogens with two attached hydrogens (primary N) is 1. The lowest BCUT2D eigenvalue weighted by Gasteiger charge is -2.24. The van der Waals surface area contributed by atoms with E-state index in [1.807, 2.05) is 6.92 Å². The summed E-state index contributed by atoms with van der Waals surface area (Å²) < 4.78 is 0. The Morgan fingerprint density at radius 3 is 1.93 bits per heavy atom. The standard InChI is InChI=1S/C12H20N2/c1-9(2)14(4)12-7-5-11(6-8-12)10(3)13/h5-10H,13H2,1-4H3/t10-/m0/s1. The third-order valence-electron chi connectivity index (χ3n) is 2.60. The first-order chi connectivity index (χ1) is 6.52. The number of hydrogen-bond donors (Lipinski definition) is 1. The van der Waals surface area contributed by atoms with Crippen molar-refractivity contribution in [3.05, 3.63) is 29.8 Å². The summed E-state index contributed by atoms with van der Waals surface area (Å²) in [7, 11) is 2.10. The molecule has 0 bridgehead atoms. The Balaban J connectivity index is 2.83. The monoisotopic (exact) mass is 192 g/mol. The van der Waals surface area contributed by atoms with Crippen molar-refractivity contribution in [3.63, 3.8) is 0 Å². The number of hydrogen-bond acceptors (Lipinski definition) is 2. The van der Waals surface area contributed by atoms with Crippen molar-refractivity contribution in [2.75, 3.05) is 11.9 Å². The largest absolute Gasteiger partial charge is 0.372 e. The van der Waals surface area contributed by atoms with Gasteiger partial charge < -0.3 is 10.6 Å². The molecule has 2 N–H and O–H groups in total. The number of anilines is 1. The summed E-state index contributed by atoms with van der Waals surface area (Å²) in [4.78, 5) is 2.24. The van der Waals surface area contributed by atoms with Gasteiger partial charge in [0.1, 0.15) is 0 Å². The molecule has 0 radical (unpaired) electrons. The maximum Gasteiger partial charge on any atom is 0.0366 e. The van der Waals surface area contributed by atoms with E-state index in [9.17, 15) is 0 Å². The van der Waals surface area contributed by atoms with E-state index in [1.54, 1.807) is 0 Å². The molecule has 0 aliphatic carbocycles. The lowest BCUT2D eigenvalue weighted by Crippen LogP contribution is -2.25. The molecule has 0 aliphatic rings. The smallest absolute Gasteiger partial charge is 0.0366 e. The number of rotatable bonds is 3. The van der Waals surface area contributed by atoms with E-state index in [0.717, 1.165) is 0 Å². The Labute approximate surface area is 86.7 Å². The van der Waals surface area contributed by atoms with Crippen LogP contribution in [0.2, 0.25) is 0 Å². The minimum atomic E-state index is 0.119. The molecular weight excluding hydrogens is 172 g/mol. The van der Waals surface area contributed by atoms with Gasteiger partial charge in [-0.3, -0.25) is 0 Å². The van der Waals surface area contributed by atoms with E-state index in [-0.39, 0.29) is 6.04 Å². The van der Waals surface area contributed by atoms with E-state index in [1.165, 1.54) is 11.3 Å². The second-order valence-electron chi connectivity index (χ2n) is 4.08. The van der Waals surface area contributed by atoms with E-state index >= 15 is 0 Å². The first-order valence-corrected chi connectivity index (χ1v) is 5.10. The Morgan fingerprint density at radius 1 is 1.07 bits per heavy atom. The van der Waals surface area contributed by atoms with Crippen LogP contribution in [0.3, 0.4) is 0 Å². The van der Waals surface area contributed by atoms with Gasteiger partial charge in [0.15, 0.2) is 0 Å². The molecule has 14 heavy (non-hydrogen) atoms. The van der Waals surface area contributed by atoms with Crippen LogP contribution in [-0.2, 0) is 0 Å². The SMILES string of the molecule is CC(C)N(C)c1ccc([C@H](C)N)cc1. The van der Waals surface area contributed by atoms with Crippen LogP contribution in [0.1, 0.15) is 32.4 Å². The second kappa shape index (κ2) is 4.47. The summed E-state index contributed by atoms with van der Waals surface area (Å²) in [5, 5.41) is 0. The number of nitrogens with zero attached hydrogens (tertiary/aromatic N) is 1. The van der Waals surface area contributed by atoms with Gasteiger partial charge in [0.05, 0.1) is 0 Å². The van der Waals surface area contributed by atoms with Gasteiger partial charge in [-0.1, -0.05) is 12.1 Å². The molecule has 0 saturated heterocycles. The summed E-state index contributed by atoms with van der Waals surface area (Å²) in [5.41, 5.74) is 8.21. The molecule has 0 aromatic heterocycles. The Hall–Kier alpha value is -1.02. The van der Waals surface area contributed by atoms with Crippen LogP contribution in [0.4, 0.5) is 5.69 Å². The van der Waals surface area contributed by atoms with E-state index < -0.39 is 0 Å². The molecule has 0 amide bonds. The van der Waals surface area contributed by atoms with Crippen molar-refractivity contribution in [2.45, 2.75) is 32.9 Å². The van der Waals surface area contributed by atoms with Crippen LogP contribution >= 0.6 is 0 Å². The minimum absolute atomic E-state index is 0.119. The molecule has 0 spiro atoms. The molecule has 1 atom stereocenters. The molecule has 1 aromatic carbocycles. The van der Waals surface area contributed by atoms with Gasteiger partial charge in [-0.2, -0.15) is 0 Å². The van der Waals surface area contributed by atoms with E-state index in [2.05, 4.69) is 50.1 Å². The molecular formula is C12H20N2. The van der Waals surface area contributed by atoms with Crippen molar-refractivity contribution in [1.29, 1.82) is 0 Å². The lowest BCUT2D eigenvalue weighted by atomic mass is 10.1. The van der Waals surface area contributed by atoms with Crippen LogP contribution in [-0.4, -0.2) is 13.1 Å². The fourth-order valence-electron chi connectivity index (χ4n) is 1.31. The fourth-order valence-corrected chi connectivity index (χ4v) is 1.31. The highest BCUT2D eigenvalue weighted by Gasteiger charge is 2.05. The van der Waals surface area contributed by atoms with Crippen molar-refractivity contribution in [1.82, 2.24) is 0 Å². The zero-order valence-electron chi connectivity index (χ0n) is 9.49. The van der Waals surface area contributed by atoms with E-state index in [0.29, 0.717) is 6.04 Å². The Bertz CT molecular complexity index is 275. The van der Waals surface area contributed by atoms with Crippen LogP contribution in [0.5, 0.6) is 0 Å². The fraction of sp³-hybridized carbons (Fsp3) is 0.500. The van der Waals surface area contributed by atoms with Gasteiger partial charge in [-0.15, -0.1) is 0 Å². The highest BCUT2D eigenvalue weighted by molar-refractivity contribution is 5.47. The molecule has 0 aliphatic heterocycles. The molecule has 78 valence electrons. The molecule has 0 heterocycles. The van der Waals surface area contributed by atoms with Crippen molar-refractivity contribution in [3.8, 4) is 0 Å². The molecule has 1 aromatic rings. The maximum absolute atomic E-state index is 5.79. The third kappa shape index (κ3) is 2.48. The second-order valence-corrected chi connectivity index (χ2v) is 4.08. The predicted octanol–water partition coefficient (Wildman–Crippen LogP) is 2.55. The third-order valence-corrected chi connectivity index (χ3v) is 2.60. The highest BCUT2D eigenvalue weighted by atomic mass is 15.1. The quantitative estimate of drug-likeness (QED) is 0.797. The van der Waals surface area contributed by atoms with Gasteiger partial charge >= 0.3 is 0 Å². The zero-order valence-corrected chi connectivity index (χ0v) is 9.49. The van der Waals surface area contributed by atoms with Crippen LogP contribution in [0, 0.1) is 0 Å². The van der Waals surface area contributed by atoms with Crippen LogP contribution in [0.15, 0.2) is 24.3 Å². The topological polar surface area (TPSA) is 29.3 Å². The summed E-state index contributed by atoms with van der Waals surface area (Å²) in [6, 6.07) is 9.08. The van der Waals surface area contributed by atoms with Gasteiger partial charge in [-0.25, -0.2) is 0 Å². The van der Waals surface area contributed by atoms with Crippen LogP contribution < -0.4 is 10.6 Å². The average Bonchev–Trinajstić information content (AvgIpc) is 2.16. The normalized spacial score (nSPS) is 13.0. The minimum Gasteiger partial charge on any atom is -0.372 e. The summed E-state index contributed by atoms with van der Waals surface area (Å²) in [5.74, 6) is 0. The zero-order chi connectivity index (χ0) is 10.7. The molecule has 2 heteroatoms. The van der Waals surface area contributed by atoms with Gasteiger partial charge in [0.25, 0.3) is 0 Å². The van der Waals surface area contributed by atoms with Crippen LogP contribution in [0.25, 0.3) is 0 Å². The first kappa shape index (κ1) is 11.1. The van der Waals surface area contributed by atoms with Gasteiger partial charge in [0, 0.05) is 24.8 Å². The predicted molar refractivity (Wildman–Crippen MR) is 62.6 cm³/mol. The molecule has 0 saturated carbocycles. The van der Waals surface area contributed by atoms with Gasteiger partial charge in [-0.05, 0) is 38.5 Å². The van der Waals surface area contributed by atoms with Crippen molar-refractivity contribution >= 4 is 5.69 Å². The molecule has 1 rings (SSSR count). The maximum atomic E-state index is 5.79. The molecule has 2 nitrogen and oxygen atoms in total. The Morgan fingerprint density at radius 2 is 1.57 bits per heavy atom. The number of benzene rings is 1. The Kier molecular flexibility index (Phi) is 3.53. The van der Waals surface area contributed by atoms with Crippen molar-refractivity contribution in [2.24, 2.45) is 5.73 Å². The van der Waals surface area contributed by atoms with Gasteiger partial charge in [0.2, 0.25) is 0 Å². The first-order valence-electron chi connectivity index (χ1n) is 5.10. The average molecular weight is 192 g/mol. The molecule has 0 fully saturated rings. The molecule has 0 unspecified atom stereocenters. The van der Waals surface area contributed by atoms with E-state index in [4.69, 9.17) is 5.73 Å². The highest BCUT2D eigenvalue weighted by Crippen LogP contribution is 2.18. The summed E-state index contributed by atoms with van der Waals surface area (Å²) in [6.45, 7) is 6.36. The summed E-state index contributed by atoms with van der Waals surface area (Å²) in [6.07, 6.45) is 0. The lowest BCUT2D eigenvalue weighted by molar-refractivity contribution is 0.753. The van der Waals surface area contributed by atoms with Crippen molar-refractivity contribution < 1.29 is 0 Å².